The Labute approximate surface area is 111 Å². The topological polar surface area (TPSA) is 84.9 Å². The summed E-state index contributed by atoms with van der Waals surface area (Å²) in [6, 6.07) is 4.83. The fourth-order valence-corrected chi connectivity index (χ4v) is 4.06. The average molecular weight is 285 g/mol. The van der Waals surface area contributed by atoms with Crippen molar-refractivity contribution in [3.8, 4) is 11.5 Å². The maximum absolute atomic E-state index is 11.4. The molecule has 0 unspecified atom stereocenters. The third-order valence-electron chi connectivity index (χ3n) is 3.22. The normalized spacial score (nSPS) is 28.1. The third-order valence-corrected chi connectivity index (χ3v) is 4.93. The van der Waals surface area contributed by atoms with E-state index in [4.69, 9.17) is 9.47 Å². The number of ether oxygens (including phenoxy) is 2. The molecule has 2 atom stereocenters. The minimum Gasteiger partial charge on any atom is -0.486 e. The Morgan fingerprint density at radius 2 is 1.89 bits per heavy atom. The number of anilines is 1. The second-order valence-corrected chi connectivity index (χ2v) is 6.91. The molecule has 0 saturated carbocycles. The monoisotopic (exact) mass is 285 g/mol. The molecule has 0 aliphatic carbocycles. The third kappa shape index (κ3) is 2.62. The number of hydrogen-bond donors (Lipinski definition) is 2. The number of hydrogen-bond acceptors (Lipinski definition) is 6. The van der Waals surface area contributed by atoms with Gasteiger partial charge in [-0.15, -0.1) is 0 Å². The first-order valence-corrected chi connectivity index (χ1v) is 7.90. The number of nitrogens with one attached hydrogen (secondary N) is 1. The van der Waals surface area contributed by atoms with Crippen molar-refractivity contribution in [2.75, 3.05) is 30.0 Å². The van der Waals surface area contributed by atoms with Gasteiger partial charge < -0.3 is 19.9 Å². The van der Waals surface area contributed by atoms with Gasteiger partial charge in [-0.25, -0.2) is 8.42 Å². The molecule has 104 valence electrons. The number of sulfone groups is 1. The molecule has 0 amide bonds. The van der Waals surface area contributed by atoms with E-state index in [-0.39, 0.29) is 11.5 Å². The number of aliphatic hydroxyl groups excluding tert-OH is 1. The standard InChI is InChI=1S/C12H15NO5S/c14-10-7-19(15,16)6-9(10)13-8-1-2-11-12(5-8)18-4-3-17-11/h1-2,5,9-10,13-14H,3-4,6-7H2/t9-,10-/m0/s1. The van der Waals surface area contributed by atoms with Crippen LogP contribution < -0.4 is 14.8 Å². The first-order chi connectivity index (χ1) is 9.03. The van der Waals surface area contributed by atoms with Crippen LogP contribution in [0.4, 0.5) is 5.69 Å². The SMILES string of the molecule is O=S1(=O)C[C@H](Nc2ccc3c(c2)OCCO3)[C@@H](O)C1. The summed E-state index contributed by atoms with van der Waals surface area (Å²) in [4.78, 5) is 0. The summed E-state index contributed by atoms with van der Waals surface area (Å²) in [5.41, 5.74) is 0.713. The highest BCUT2D eigenvalue weighted by atomic mass is 32.2. The maximum atomic E-state index is 11.4. The first kappa shape index (κ1) is 12.6. The Kier molecular flexibility index (Phi) is 3.02. The van der Waals surface area contributed by atoms with Crippen LogP contribution in [0.25, 0.3) is 0 Å². The zero-order valence-corrected chi connectivity index (χ0v) is 11.0. The van der Waals surface area contributed by atoms with Gasteiger partial charge in [0, 0.05) is 11.8 Å². The van der Waals surface area contributed by atoms with E-state index in [0.717, 1.165) is 0 Å². The van der Waals surface area contributed by atoms with E-state index < -0.39 is 22.0 Å². The molecule has 1 aromatic rings. The molecule has 0 radical (unpaired) electrons. The van der Waals surface area contributed by atoms with Gasteiger partial charge in [0.2, 0.25) is 0 Å². The lowest BCUT2D eigenvalue weighted by Gasteiger charge is -2.21. The van der Waals surface area contributed by atoms with Crippen molar-refractivity contribution in [3.63, 3.8) is 0 Å². The molecule has 19 heavy (non-hydrogen) atoms. The molecule has 1 fully saturated rings. The number of aliphatic hydroxyl groups is 1. The molecular formula is C12H15NO5S. The summed E-state index contributed by atoms with van der Waals surface area (Å²) in [5.74, 6) is 1.07. The van der Waals surface area contributed by atoms with Crippen molar-refractivity contribution in [2.45, 2.75) is 12.1 Å². The van der Waals surface area contributed by atoms with Crippen molar-refractivity contribution in [3.05, 3.63) is 18.2 Å². The first-order valence-electron chi connectivity index (χ1n) is 6.08. The summed E-state index contributed by atoms with van der Waals surface area (Å²) < 4.78 is 33.7. The van der Waals surface area contributed by atoms with Gasteiger partial charge in [0.05, 0.1) is 23.7 Å². The van der Waals surface area contributed by atoms with Crippen molar-refractivity contribution < 1.29 is 23.0 Å². The predicted octanol–water partition coefficient (Wildman–Crippen LogP) is 0.0276. The van der Waals surface area contributed by atoms with Gasteiger partial charge in [0.15, 0.2) is 21.3 Å². The summed E-state index contributed by atoms with van der Waals surface area (Å²) in [5, 5.41) is 12.8. The van der Waals surface area contributed by atoms with E-state index in [0.29, 0.717) is 30.4 Å². The quantitative estimate of drug-likeness (QED) is 0.797. The van der Waals surface area contributed by atoms with Crippen molar-refractivity contribution in [1.82, 2.24) is 0 Å². The molecule has 1 saturated heterocycles. The number of rotatable bonds is 2. The van der Waals surface area contributed by atoms with Gasteiger partial charge in [-0.1, -0.05) is 0 Å². The van der Waals surface area contributed by atoms with Crippen LogP contribution in [0, 0.1) is 0 Å². The molecule has 6 nitrogen and oxygen atoms in total. The largest absolute Gasteiger partial charge is 0.486 e. The number of fused-ring (bicyclic) bond motifs is 1. The molecule has 0 spiro atoms. The molecule has 0 aromatic heterocycles. The average Bonchev–Trinajstić information content (AvgIpc) is 2.62. The van der Waals surface area contributed by atoms with Gasteiger partial charge in [-0.3, -0.25) is 0 Å². The minimum absolute atomic E-state index is 0.0530. The fourth-order valence-electron chi connectivity index (χ4n) is 2.31. The Hall–Kier alpha value is -1.47. The Bertz CT molecular complexity index is 586. The van der Waals surface area contributed by atoms with Crippen molar-refractivity contribution in [2.24, 2.45) is 0 Å². The van der Waals surface area contributed by atoms with E-state index in [9.17, 15) is 13.5 Å². The molecule has 1 aromatic carbocycles. The second-order valence-electron chi connectivity index (χ2n) is 4.75. The summed E-state index contributed by atoms with van der Waals surface area (Å²) in [6.45, 7) is 1.02. The van der Waals surface area contributed by atoms with Crippen LogP contribution in [0.15, 0.2) is 18.2 Å². The van der Waals surface area contributed by atoms with Crippen LogP contribution in [0.3, 0.4) is 0 Å². The molecule has 0 bridgehead atoms. The predicted molar refractivity (Wildman–Crippen MR) is 69.5 cm³/mol. The van der Waals surface area contributed by atoms with E-state index in [2.05, 4.69) is 5.32 Å². The van der Waals surface area contributed by atoms with Gasteiger partial charge in [-0.05, 0) is 12.1 Å². The van der Waals surface area contributed by atoms with Crippen molar-refractivity contribution >= 4 is 15.5 Å². The molecular weight excluding hydrogens is 270 g/mol. The second kappa shape index (κ2) is 4.57. The molecule has 2 aliphatic rings. The lowest BCUT2D eigenvalue weighted by atomic mass is 10.2. The van der Waals surface area contributed by atoms with Crippen molar-refractivity contribution in [1.29, 1.82) is 0 Å². The fraction of sp³-hybridized carbons (Fsp3) is 0.500. The molecule has 3 rings (SSSR count). The lowest BCUT2D eigenvalue weighted by Crippen LogP contribution is -2.31. The van der Waals surface area contributed by atoms with Crippen LogP contribution >= 0.6 is 0 Å². The molecule has 7 heteroatoms. The Balaban J connectivity index is 1.77. The lowest BCUT2D eigenvalue weighted by molar-refractivity contribution is 0.171. The van der Waals surface area contributed by atoms with E-state index in [1.807, 2.05) is 0 Å². The van der Waals surface area contributed by atoms with E-state index in [1.165, 1.54) is 0 Å². The smallest absolute Gasteiger partial charge is 0.163 e. The van der Waals surface area contributed by atoms with Crippen LogP contribution in [-0.4, -0.2) is 50.4 Å². The minimum atomic E-state index is -3.15. The molecule has 2 heterocycles. The zero-order valence-electron chi connectivity index (χ0n) is 10.2. The van der Waals surface area contributed by atoms with E-state index >= 15 is 0 Å². The highest BCUT2D eigenvalue weighted by molar-refractivity contribution is 7.91. The van der Waals surface area contributed by atoms with Gasteiger partial charge in [0.1, 0.15) is 13.2 Å². The highest BCUT2D eigenvalue weighted by Crippen LogP contribution is 2.33. The summed E-state index contributed by atoms with van der Waals surface area (Å²) in [7, 11) is -3.15. The molecule has 2 aliphatic heterocycles. The van der Waals surface area contributed by atoms with Gasteiger partial charge >= 0.3 is 0 Å². The van der Waals surface area contributed by atoms with Crippen LogP contribution in [-0.2, 0) is 9.84 Å². The Morgan fingerprint density at radius 1 is 1.16 bits per heavy atom. The van der Waals surface area contributed by atoms with Crippen LogP contribution in [0.1, 0.15) is 0 Å². The van der Waals surface area contributed by atoms with Crippen LogP contribution in [0.5, 0.6) is 11.5 Å². The maximum Gasteiger partial charge on any atom is 0.163 e. The zero-order chi connectivity index (χ0) is 13.5. The Morgan fingerprint density at radius 3 is 2.58 bits per heavy atom. The van der Waals surface area contributed by atoms with Crippen LogP contribution in [0.2, 0.25) is 0 Å². The summed E-state index contributed by atoms with van der Waals surface area (Å²) >= 11 is 0. The van der Waals surface area contributed by atoms with Gasteiger partial charge in [-0.2, -0.15) is 0 Å². The highest BCUT2D eigenvalue weighted by Gasteiger charge is 2.36. The number of benzene rings is 1. The van der Waals surface area contributed by atoms with Gasteiger partial charge in [0.25, 0.3) is 0 Å². The molecule has 2 N–H and O–H groups in total. The van der Waals surface area contributed by atoms with E-state index in [1.54, 1.807) is 18.2 Å². The summed E-state index contributed by atoms with van der Waals surface area (Å²) in [6.07, 6.45) is -0.877.